The number of rotatable bonds is 1. The third kappa shape index (κ3) is 2.34. The minimum atomic E-state index is -2.09. The molecule has 5 N–H and O–H groups in total. The maximum atomic E-state index is 12.5. The summed E-state index contributed by atoms with van der Waals surface area (Å²) in [6.45, 7) is -0.601. The summed E-state index contributed by atoms with van der Waals surface area (Å²) in [5.74, 6) is -2.76. The zero-order chi connectivity index (χ0) is 16.0. The molecule has 22 heavy (non-hydrogen) atoms. The molecule has 2 heterocycles. The van der Waals surface area contributed by atoms with Crippen LogP contribution in [0.15, 0.2) is 0 Å². The Labute approximate surface area is 128 Å². The summed E-state index contributed by atoms with van der Waals surface area (Å²) >= 11 is 0. The number of hydrogen-bond acceptors (Lipinski definition) is 7. The second-order valence-electron chi connectivity index (χ2n) is 6.40. The molecule has 1 saturated carbocycles. The molecule has 0 radical (unpaired) electrons. The van der Waals surface area contributed by atoms with E-state index in [1.807, 2.05) is 0 Å². The van der Waals surface area contributed by atoms with Crippen LogP contribution in [0.5, 0.6) is 0 Å². The Balaban J connectivity index is 1.89. The Morgan fingerprint density at radius 2 is 1.73 bits per heavy atom. The standard InChI is InChI=1S/C14H23NO7/c16-7-8-9(17)10(18)11(19)14(21-8)12(20)15-13(22-14)5-3-1-2-4-6-13/h8-11,16-19H,1-7H2,(H,15,20)/t8-,9-,10+,11-,14+/m1/s1. The summed E-state index contributed by atoms with van der Waals surface area (Å²) in [6, 6.07) is 0. The average molecular weight is 317 g/mol. The highest BCUT2D eigenvalue weighted by atomic mass is 16.8. The van der Waals surface area contributed by atoms with E-state index < -0.39 is 48.4 Å². The number of carbonyl (C=O) groups is 1. The number of aliphatic hydroxyl groups is 4. The molecule has 2 spiro atoms. The predicted octanol–water partition coefficient (Wildman–Crippen LogP) is -1.65. The van der Waals surface area contributed by atoms with Crippen molar-refractivity contribution in [3.05, 3.63) is 0 Å². The van der Waals surface area contributed by atoms with Gasteiger partial charge in [0.1, 0.15) is 30.1 Å². The van der Waals surface area contributed by atoms with E-state index in [2.05, 4.69) is 5.32 Å². The molecule has 0 aromatic heterocycles. The number of carbonyl (C=O) groups excluding carboxylic acids is 1. The second kappa shape index (κ2) is 5.70. The topological polar surface area (TPSA) is 128 Å². The minimum absolute atomic E-state index is 0.596. The number of hydrogen-bond donors (Lipinski definition) is 5. The molecule has 8 nitrogen and oxygen atoms in total. The lowest BCUT2D eigenvalue weighted by Gasteiger charge is -2.44. The number of aliphatic hydroxyl groups excluding tert-OH is 4. The van der Waals surface area contributed by atoms with E-state index >= 15 is 0 Å². The fourth-order valence-corrected chi connectivity index (χ4v) is 3.60. The lowest BCUT2D eigenvalue weighted by molar-refractivity contribution is -0.354. The lowest BCUT2D eigenvalue weighted by atomic mass is 9.92. The molecule has 3 rings (SSSR count). The molecular formula is C14H23NO7. The fraction of sp³-hybridized carbons (Fsp3) is 0.929. The van der Waals surface area contributed by atoms with Crippen molar-refractivity contribution in [1.29, 1.82) is 0 Å². The van der Waals surface area contributed by atoms with Gasteiger partial charge in [-0.1, -0.05) is 12.8 Å². The number of ether oxygens (including phenoxy) is 2. The van der Waals surface area contributed by atoms with Crippen molar-refractivity contribution in [1.82, 2.24) is 5.32 Å². The van der Waals surface area contributed by atoms with E-state index in [4.69, 9.17) is 9.47 Å². The Kier molecular flexibility index (Phi) is 4.17. The van der Waals surface area contributed by atoms with Crippen LogP contribution in [-0.4, -0.2) is 68.9 Å². The summed E-state index contributed by atoms with van der Waals surface area (Å²) in [7, 11) is 0. The summed E-state index contributed by atoms with van der Waals surface area (Å²) in [6.07, 6.45) is -1.04. The van der Waals surface area contributed by atoms with Gasteiger partial charge in [0, 0.05) is 0 Å². The molecule has 1 amide bonds. The Morgan fingerprint density at radius 1 is 1.09 bits per heavy atom. The van der Waals surface area contributed by atoms with Gasteiger partial charge in [-0.3, -0.25) is 4.79 Å². The van der Waals surface area contributed by atoms with E-state index in [9.17, 15) is 25.2 Å². The maximum absolute atomic E-state index is 12.5. The van der Waals surface area contributed by atoms with E-state index in [-0.39, 0.29) is 0 Å². The van der Waals surface area contributed by atoms with Gasteiger partial charge in [0.2, 0.25) is 0 Å². The largest absolute Gasteiger partial charge is 0.394 e. The first-order chi connectivity index (χ1) is 10.4. The summed E-state index contributed by atoms with van der Waals surface area (Å²) in [4.78, 5) is 12.5. The van der Waals surface area contributed by atoms with E-state index in [0.717, 1.165) is 25.7 Å². The molecule has 0 unspecified atom stereocenters. The maximum Gasteiger partial charge on any atom is 0.285 e. The number of nitrogens with one attached hydrogen (secondary N) is 1. The highest BCUT2D eigenvalue weighted by Gasteiger charge is 2.66. The van der Waals surface area contributed by atoms with Crippen molar-refractivity contribution in [2.24, 2.45) is 0 Å². The van der Waals surface area contributed by atoms with Crippen molar-refractivity contribution in [2.75, 3.05) is 6.61 Å². The zero-order valence-electron chi connectivity index (χ0n) is 12.3. The van der Waals surface area contributed by atoms with Crippen molar-refractivity contribution in [3.8, 4) is 0 Å². The Bertz CT molecular complexity index is 435. The van der Waals surface area contributed by atoms with Crippen molar-refractivity contribution in [3.63, 3.8) is 0 Å². The first-order valence-corrected chi connectivity index (χ1v) is 7.80. The van der Waals surface area contributed by atoms with Crippen LogP contribution in [0.3, 0.4) is 0 Å². The van der Waals surface area contributed by atoms with Gasteiger partial charge in [-0.2, -0.15) is 0 Å². The highest BCUT2D eigenvalue weighted by molar-refractivity contribution is 5.87. The first-order valence-electron chi connectivity index (χ1n) is 7.80. The SMILES string of the molecule is O=C1NC2(CCCCCC2)O[C@]12O[C@H](CO)[C@@H](O)[C@H](O)[C@H]2O. The van der Waals surface area contributed by atoms with Crippen LogP contribution in [0.2, 0.25) is 0 Å². The van der Waals surface area contributed by atoms with Gasteiger partial charge in [0.05, 0.1) is 6.61 Å². The van der Waals surface area contributed by atoms with Gasteiger partial charge in [-0.15, -0.1) is 0 Å². The normalized spacial score (nSPS) is 45.0. The molecule has 126 valence electrons. The van der Waals surface area contributed by atoms with Gasteiger partial charge < -0.3 is 35.2 Å². The molecule has 0 aromatic rings. The van der Waals surface area contributed by atoms with E-state index in [0.29, 0.717) is 12.8 Å². The predicted molar refractivity (Wildman–Crippen MR) is 72.4 cm³/mol. The summed E-state index contributed by atoms with van der Waals surface area (Å²) in [5, 5.41) is 42.1. The van der Waals surface area contributed by atoms with Crippen LogP contribution in [-0.2, 0) is 14.3 Å². The minimum Gasteiger partial charge on any atom is -0.394 e. The van der Waals surface area contributed by atoms with Gasteiger partial charge in [-0.25, -0.2) is 0 Å². The molecular weight excluding hydrogens is 294 g/mol. The Morgan fingerprint density at radius 3 is 2.32 bits per heavy atom. The second-order valence-corrected chi connectivity index (χ2v) is 6.40. The fourth-order valence-electron chi connectivity index (χ4n) is 3.60. The third-order valence-corrected chi connectivity index (χ3v) is 4.87. The quantitative estimate of drug-likeness (QED) is 0.392. The van der Waals surface area contributed by atoms with Crippen LogP contribution in [0.25, 0.3) is 0 Å². The molecule has 5 atom stereocenters. The molecule has 2 saturated heterocycles. The van der Waals surface area contributed by atoms with Crippen molar-refractivity contribution >= 4 is 5.91 Å². The van der Waals surface area contributed by atoms with Crippen LogP contribution >= 0.6 is 0 Å². The highest BCUT2D eigenvalue weighted by Crippen LogP contribution is 2.43. The van der Waals surface area contributed by atoms with Gasteiger partial charge in [0.25, 0.3) is 11.7 Å². The third-order valence-electron chi connectivity index (χ3n) is 4.87. The van der Waals surface area contributed by atoms with Crippen molar-refractivity contribution in [2.45, 2.75) is 74.5 Å². The molecule has 2 aliphatic heterocycles. The van der Waals surface area contributed by atoms with E-state index in [1.165, 1.54) is 0 Å². The number of amides is 1. The van der Waals surface area contributed by atoms with Crippen LogP contribution in [0, 0.1) is 0 Å². The molecule has 0 bridgehead atoms. The molecule has 3 fully saturated rings. The van der Waals surface area contributed by atoms with Crippen molar-refractivity contribution < 1.29 is 34.7 Å². The first kappa shape index (κ1) is 16.1. The zero-order valence-corrected chi connectivity index (χ0v) is 12.3. The van der Waals surface area contributed by atoms with Gasteiger partial charge >= 0.3 is 0 Å². The summed E-state index contributed by atoms with van der Waals surface area (Å²) in [5.41, 5.74) is -0.920. The monoisotopic (exact) mass is 317 g/mol. The average Bonchev–Trinajstić information content (AvgIpc) is 2.65. The molecule has 8 heteroatoms. The van der Waals surface area contributed by atoms with Crippen LogP contribution in [0.4, 0.5) is 0 Å². The smallest absolute Gasteiger partial charge is 0.285 e. The Hall–Kier alpha value is -0.770. The summed E-state index contributed by atoms with van der Waals surface area (Å²) < 4.78 is 11.3. The molecule has 0 aromatic carbocycles. The van der Waals surface area contributed by atoms with Gasteiger partial charge in [0.15, 0.2) is 0 Å². The lowest BCUT2D eigenvalue weighted by Crippen LogP contribution is -2.68. The van der Waals surface area contributed by atoms with Gasteiger partial charge in [-0.05, 0) is 25.7 Å². The molecule has 1 aliphatic carbocycles. The molecule has 3 aliphatic rings. The van der Waals surface area contributed by atoms with Crippen LogP contribution in [0.1, 0.15) is 38.5 Å². The van der Waals surface area contributed by atoms with E-state index in [1.54, 1.807) is 0 Å². The van der Waals surface area contributed by atoms with Crippen LogP contribution < -0.4 is 5.32 Å².